The number of carbonyl (C=O) groups is 1. The molecule has 1 rings (SSSR count). The fourth-order valence-electron chi connectivity index (χ4n) is 2.08. The first-order valence-corrected chi connectivity index (χ1v) is 7.43. The number of nitrogens with zero attached hydrogens (tertiary/aromatic N) is 1. The van der Waals surface area contributed by atoms with Crippen LogP contribution in [-0.4, -0.2) is 16.4 Å². The molecule has 1 aromatic rings. The molecular weight excluding hydrogens is 272 g/mol. The standard InChI is InChI=1S/C16H25ClN2O/c1-7-8-16(5,6)19-14(20)11-9-12(15(2,3)4)18-13(17)10-11/h9-10H,7-8H2,1-6H3,(H,19,20). The van der Waals surface area contributed by atoms with Crippen LogP contribution >= 0.6 is 11.6 Å². The van der Waals surface area contributed by atoms with Crippen LogP contribution in [0.3, 0.4) is 0 Å². The summed E-state index contributed by atoms with van der Waals surface area (Å²) >= 11 is 6.04. The molecular formula is C16H25ClN2O. The van der Waals surface area contributed by atoms with Crippen LogP contribution in [0.15, 0.2) is 12.1 Å². The Bertz CT molecular complexity index is 490. The van der Waals surface area contributed by atoms with Gasteiger partial charge in [-0.2, -0.15) is 0 Å². The minimum atomic E-state index is -0.219. The van der Waals surface area contributed by atoms with Crippen molar-refractivity contribution in [3.63, 3.8) is 0 Å². The lowest BCUT2D eigenvalue weighted by molar-refractivity contribution is 0.0908. The van der Waals surface area contributed by atoms with Crippen LogP contribution in [0.5, 0.6) is 0 Å². The Morgan fingerprint density at radius 3 is 2.35 bits per heavy atom. The molecule has 0 aliphatic rings. The summed E-state index contributed by atoms with van der Waals surface area (Å²) in [5.41, 5.74) is 1.03. The van der Waals surface area contributed by atoms with E-state index in [-0.39, 0.29) is 16.9 Å². The molecule has 0 aliphatic heterocycles. The molecule has 0 spiro atoms. The Morgan fingerprint density at radius 1 is 1.25 bits per heavy atom. The Balaban J connectivity index is 3.02. The maximum atomic E-state index is 12.4. The molecule has 4 heteroatoms. The van der Waals surface area contributed by atoms with E-state index in [2.05, 4.69) is 17.2 Å². The predicted molar refractivity (Wildman–Crippen MR) is 84.4 cm³/mol. The van der Waals surface area contributed by atoms with Crippen LogP contribution in [0.2, 0.25) is 5.15 Å². The summed E-state index contributed by atoms with van der Waals surface area (Å²) in [6.45, 7) is 12.3. The van der Waals surface area contributed by atoms with E-state index in [0.29, 0.717) is 10.7 Å². The Labute approximate surface area is 127 Å². The molecule has 0 radical (unpaired) electrons. The fraction of sp³-hybridized carbons (Fsp3) is 0.625. The number of amides is 1. The number of carbonyl (C=O) groups excluding carboxylic acids is 1. The topological polar surface area (TPSA) is 42.0 Å². The van der Waals surface area contributed by atoms with E-state index in [4.69, 9.17) is 11.6 Å². The van der Waals surface area contributed by atoms with E-state index in [0.717, 1.165) is 18.5 Å². The summed E-state index contributed by atoms with van der Waals surface area (Å²) in [5, 5.41) is 3.41. The Hall–Kier alpha value is -1.09. The van der Waals surface area contributed by atoms with Gasteiger partial charge in [0.1, 0.15) is 5.15 Å². The second-order valence-corrected chi connectivity index (χ2v) is 7.29. The van der Waals surface area contributed by atoms with Crippen molar-refractivity contribution >= 4 is 17.5 Å². The number of halogens is 1. The SMILES string of the molecule is CCCC(C)(C)NC(=O)c1cc(Cl)nc(C(C)(C)C)c1. The van der Waals surface area contributed by atoms with Crippen molar-refractivity contribution in [1.82, 2.24) is 10.3 Å². The quantitative estimate of drug-likeness (QED) is 0.840. The zero-order valence-corrected chi connectivity index (χ0v) is 14.1. The Morgan fingerprint density at radius 2 is 1.85 bits per heavy atom. The normalized spacial score (nSPS) is 12.3. The van der Waals surface area contributed by atoms with Gasteiger partial charge in [0.2, 0.25) is 0 Å². The highest BCUT2D eigenvalue weighted by molar-refractivity contribution is 6.29. The number of hydrogen-bond donors (Lipinski definition) is 1. The first-order valence-electron chi connectivity index (χ1n) is 7.06. The molecule has 1 heterocycles. The lowest BCUT2D eigenvalue weighted by atomic mass is 9.90. The van der Waals surface area contributed by atoms with Gasteiger partial charge >= 0.3 is 0 Å². The van der Waals surface area contributed by atoms with Crippen LogP contribution in [0, 0.1) is 0 Å². The van der Waals surface area contributed by atoms with E-state index in [1.165, 1.54) is 0 Å². The van der Waals surface area contributed by atoms with E-state index in [9.17, 15) is 4.79 Å². The number of pyridine rings is 1. The van der Waals surface area contributed by atoms with Gasteiger partial charge in [-0.05, 0) is 32.4 Å². The number of aromatic nitrogens is 1. The first-order chi connectivity index (χ1) is 9.05. The second-order valence-electron chi connectivity index (χ2n) is 6.90. The van der Waals surface area contributed by atoms with E-state index >= 15 is 0 Å². The van der Waals surface area contributed by atoms with Crippen LogP contribution < -0.4 is 5.32 Å². The van der Waals surface area contributed by atoms with Crippen molar-refractivity contribution in [2.45, 2.75) is 65.3 Å². The molecule has 0 atom stereocenters. The zero-order valence-electron chi connectivity index (χ0n) is 13.3. The molecule has 0 bridgehead atoms. The molecule has 1 N–H and O–H groups in total. The van der Waals surface area contributed by atoms with Crippen molar-refractivity contribution in [2.24, 2.45) is 0 Å². The third kappa shape index (κ3) is 4.78. The summed E-state index contributed by atoms with van der Waals surface area (Å²) in [5.74, 6) is -0.0988. The van der Waals surface area contributed by atoms with E-state index in [1.807, 2.05) is 40.7 Å². The van der Waals surface area contributed by atoms with Gasteiger partial charge in [-0.3, -0.25) is 4.79 Å². The van der Waals surface area contributed by atoms with Gasteiger partial charge in [-0.1, -0.05) is 45.7 Å². The van der Waals surface area contributed by atoms with Gasteiger partial charge in [0, 0.05) is 22.2 Å². The van der Waals surface area contributed by atoms with Crippen molar-refractivity contribution in [2.75, 3.05) is 0 Å². The Kier molecular flexibility index (Phi) is 5.20. The fourth-order valence-corrected chi connectivity index (χ4v) is 2.29. The van der Waals surface area contributed by atoms with Gasteiger partial charge < -0.3 is 5.32 Å². The van der Waals surface area contributed by atoms with Crippen LogP contribution in [-0.2, 0) is 5.41 Å². The van der Waals surface area contributed by atoms with Crippen LogP contribution in [0.1, 0.15) is 70.4 Å². The third-order valence-electron chi connectivity index (χ3n) is 3.15. The van der Waals surface area contributed by atoms with Crippen LogP contribution in [0.4, 0.5) is 0 Å². The second kappa shape index (κ2) is 6.13. The number of rotatable bonds is 4. The van der Waals surface area contributed by atoms with Crippen molar-refractivity contribution in [3.8, 4) is 0 Å². The maximum Gasteiger partial charge on any atom is 0.251 e. The highest BCUT2D eigenvalue weighted by Gasteiger charge is 2.23. The molecule has 0 aromatic carbocycles. The molecule has 0 unspecified atom stereocenters. The molecule has 0 aliphatic carbocycles. The summed E-state index contributed by atoms with van der Waals surface area (Å²) < 4.78 is 0. The molecule has 1 aromatic heterocycles. The molecule has 0 saturated carbocycles. The van der Waals surface area contributed by atoms with Gasteiger partial charge in [0.15, 0.2) is 0 Å². The summed E-state index contributed by atoms with van der Waals surface area (Å²) in [4.78, 5) is 16.7. The smallest absolute Gasteiger partial charge is 0.251 e. The molecule has 112 valence electrons. The van der Waals surface area contributed by atoms with Gasteiger partial charge in [0.05, 0.1) is 0 Å². The van der Waals surface area contributed by atoms with Gasteiger partial charge in [0.25, 0.3) is 5.91 Å². The average molecular weight is 297 g/mol. The minimum absolute atomic E-state index is 0.0988. The highest BCUT2D eigenvalue weighted by Crippen LogP contribution is 2.23. The number of nitrogens with one attached hydrogen (secondary N) is 1. The monoisotopic (exact) mass is 296 g/mol. The molecule has 20 heavy (non-hydrogen) atoms. The predicted octanol–water partition coefficient (Wildman–Crippen LogP) is 4.34. The third-order valence-corrected chi connectivity index (χ3v) is 3.35. The van der Waals surface area contributed by atoms with Crippen molar-refractivity contribution < 1.29 is 4.79 Å². The number of hydrogen-bond acceptors (Lipinski definition) is 2. The summed E-state index contributed by atoms with van der Waals surface area (Å²) in [7, 11) is 0. The van der Waals surface area contributed by atoms with Crippen molar-refractivity contribution in [3.05, 3.63) is 28.5 Å². The molecule has 1 amide bonds. The molecule has 3 nitrogen and oxygen atoms in total. The largest absolute Gasteiger partial charge is 0.347 e. The maximum absolute atomic E-state index is 12.4. The zero-order chi connectivity index (χ0) is 15.6. The minimum Gasteiger partial charge on any atom is -0.347 e. The lowest BCUT2D eigenvalue weighted by Crippen LogP contribution is -2.43. The first kappa shape index (κ1) is 17.0. The molecule has 0 saturated heterocycles. The molecule has 0 fully saturated rings. The van der Waals surface area contributed by atoms with E-state index in [1.54, 1.807) is 6.07 Å². The van der Waals surface area contributed by atoms with Gasteiger partial charge in [-0.25, -0.2) is 4.98 Å². The highest BCUT2D eigenvalue weighted by atomic mass is 35.5. The lowest BCUT2D eigenvalue weighted by Gasteiger charge is -2.26. The van der Waals surface area contributed by atoms with Gasteiger partial charge in [-0.15, -0.1) is 0 Å². The van der Waals surface area contributed by atoms with Crippen LogP contribution in [0.25, 0.3) is 0 Å². The average Bonchev–Trinajstić information content (AvgIpc) is 2.26. The summed E-state index contributed by atoms with van der Waals surface area (Å²) in [6, 6.07) is 3.44. The van der Waals surface area contributed by atoms with Crippen molar-refractivity contribution in [1.29, 1.82) is 0 Å². The summed E-state index contributed by atoms with van der Waals surface area (Å²) in [6.07, 6.45) is 1.96. The van der Waals surface area contributed by atoms with E-state index < -0.39 is 0 Å².